The molecule has 6 rings (SSSR count). The molecule has 508 valence electrons. The molecular formula is C48H79N3O37. The summed E-state index contributed by atoms with van der Waals surface area (Å²) >= 11 is 0. The number of nitrogens with one attached hydrogen (secondary N) is 3. The second kappa shape index (κ2) is 30.7. The number of hydrogen-bond acceptors (Lipinski definition) is 35. The number of amides is 3. The first-order chi connectivity index (χ1) is 41.2. The molecule has 24 N–H and O–H groups in total. The lowest BCUT2D eigenvalue weighted by Gasteiger charge is -2.52. The Kier molecular flexibility index (Phi) is 25.6. The number of aliphatic carboxylic acids is 2. The van der Waals surface area contributed by atoms with E-state index in [0.717, 1.165) is 20.8 Å². The summed E-state index contributed by atoms with van der Waals surface area (Å²) in [6, 6.07) is -5.63. The van der Waals surface area contributed by atoms with Crippen LogP contribution in [0, 0.1) is 0 Å². The van der Waals surface area contributed by atoms with Crippen LogP contribution in [0.3, 0.4) is 0 Å². The van der Waals surface area contributed by atoms with E-state index in [1.54, 1.807) is 0 Å². The zero-order valence-corrected chi connectivity index (χ0v) is 46.9. The van der Waals surface area contributed by atoms with Gasteiger partial charge in [0.1, 0.15) is 134 Å². The number of aliphatic hydroxyl groups is 19. The number of aliphatic hydroxyl groups excluding tert-OH is 19. The number of carbonyl (C=O) groups is 5. The van der Waals surface area contributed by atoms with E-state index < -0.39 is 277 Å². The van der Waals surface area contributed by atoms with E-state index in [1.165, 1.54) is 0 Å². The molecule has 0 saturated carbocycles. The highest BCUT2D eigenvalue weighted by Gasteiger charge is 2.63. The highest BCUT2D eigenvalue weighted by atomic mass is 16.8. The van der Waals surface area contributed by atoms with Gasteiger partial charge in [-0.2, -0.15) is 0 Å². The van der Waals surface area contributed by atoms with Crippen molar-refractivity contribution in [1.29, 1.82) is 0 Å². The van der Waals surface area contributed by atoms with E-state index in [4.69, 9.17) is 52.1 Å². The van der Waals surface area contributed by atoms with Crippen molar-refractivity contribution in [3.8, 4) is 0 Å². The largest absolute Gasteiger partial charge is 0.477 e. The first-order valence-electron chi connectivity index (χ1n) is 27.4. The molecule has 88 heavy (non-hydrogen) atoms. The lowest BCUT2D eigenvalue weighted by Crippen LogP contribution is -2.72. The summed E-state index contributed by atoms with van der Waals surface area (Å²) in [5.41, 5.74) is 0. The van der Waals surface area contributed by atoms with Crippen molar-refractivity contribution in [2.75, 3.05) is 39.6 Å². The van der Waals surface area contributed by atoms with Crippen LogP contribution in [0.1, 0.15) is 33.6 Å². The van der Waals surface area contributed by atoms with Crippen LogP contribution < -0.4 is 16.0 Å². The van der Waals surface area contributed by atoms with Gasteiger partial charge in [-0.15, -0.1) is 0 Å². The number of carboxylic acid groups (broad SMARTS) is 2. The fourth-order valence-electron chi connectivity index (χ4n) is 11.0. The molecule has 6 saturated heterocycles. The van der Waals surface area contributed by atoms with Crippen LogP contribution in [0.2, 0.25) is 0 Å². The van der Waals surface area contributed by atoms with Gasteiger partial charge in [0.25, 0.3) is 11.6 Å². The normalized spacial score (nSPS) is 44.6. The molecule has 0 spiro atoms. The molecule has 3 amide bonds. The van der Waals surface area contributed by atoms with Gasteiger partial charge in [-0.1, -0.05) is 0 Å². The Hall–Kier alpha value is -3.85. The Morgan fingerprint density at radius 3 is 1.32 bits per heavy atom. The molecule has 6 heterocycles. The van der Waals surface area contributed by atoms with Crippen LogP contribution in [-0.2, 0) is 76.1 Å². The summed E-state index contributed by atoms with van der Waals surface area (Å²) in [5, 5.41) is 234. The fourth-order valence-corrected chi connectivity index (χ4v) is 11.0. The summed E-state index contributed by atoms with van der Waals surface area (Å²) in [6.45, 7) is -4.43. The molecule has 6 aliphatic heterocycles. The predicted octanol–water partition coefficient (Wildman–Crippen LogP) is -15.3. The van der Waals surface area contributed by atoms with Crippen molar-refractivity contribution in [3.05, 3.63) is 0 Å². The van der Waals surface area contributed by atoms with Crippen LogP contribution in [0.5, 0.6) is 0 Å². The number of rotatable bonds is 25. The zero-order valence-electron chi connectivity index (χ0n) is 46.9. The smallest absolute Gasteiger partial charge is 0.364 e. The molecule has 1 unspecified atom stereocenters. The monoisotopic (exact) mass is 1290 g/mol. The molecule has 6 aliphatic rings. The van der Waals surface area contributed by atoms with E-state index in [0.29, 0.717) is 0 Å². The summed E-state index contributed by atoms with van der Waals surface area (Å²) in [4.78, 5) is 64.1. The van der Waals surface area contributed by atoms with E-state index in [2.05, 4.69) is 16.0 Å². The van der Waals surface area contributed by atoms with E-state index in [1.807, 2.05) is 0 Å². The van der Waals surface area contributed by atoms with Gasteiger partial charge in [0, 0.05) is 33.6 Å². The minimum atomic E-state index is -3.34. The average molecular weight is 1290 g/mol. The molecule has 0 aromatic carbocycles. The van der Waals surface area contributed by atoms with Crippen molar-refractivity contribution < 1.29 is 183 Å². The molecule has 0 aliphatic carbocycles. The van der Waals surface area contributed by atoms with Gasteiger partial charge >= 0.3 is 11.9 Å². The van der Waals surface area contributed by atoms with Gasteiger partial charge < -0.3 is 175 Å². The first kappa shape index (κ1) is 73.2. The maximum absolute atomic E-state index is 13.3. The van der Waals surface area contributed by atoms with Gasteiger partial charge in [0.2, 0.25) is 17.7 Å². The Morgan fingerprint density at radius 2 is 0.864 bits per heavy atom. The van der Waals surface area contributed by atoms with Crippen molar-refractivity contribution in [1.82, 2.24) is 16.0 Å². The van der Waals surface area contributed by atoms with Crippen molar-refractivity contribution >= 4 is 29.7 Å². The summed E-state index contributed by atoms with van der Waals surface area (Å²) < 4.78 is 63.1. The van der Waals surface area contributed by atoms with Gasteiger partial charge in [0.05, 0.1) is 63.9 Å². The molecule has 6 fully saturated rings. The lowest BCUT2D eigenvalue weighted by atomic mass is 9.88. The summed E-state index contributed by atoms with van der Waals surface area (Å²) in [5.74, 6) is -13.7. The zero-order chi connectivity index (χ0) is 65.8. The third kappa shape index (κ3) is 15.8. The molecule has 0 aromatic rings. The SMILES string of the molecule is CC(=O)N[C@H]1[C@H](O[C@H]2[C@@H](O)[C@@H](CO)O[C@@H](O[C@H]3[C@H](O)[C@@H](O)C(O)O[C@@H]3CO)[C@@H]2O)O[C@H](CO[C@]2(C(=O)O)C[C@H](O)[C@@H](NC(C)=O)[C@H]([C@H](O)[C@H](O)CO)O2)[C@@H](O)[C@@H]1O[C@@H]1O[C@H](CO)[C@H](O)[C@H](O[C@]2(C(=O)O)C[C@H](O)[C@@H](NC(C)=O)[C@H]([C@H](O)[C@H](O)CO)O2)[C@H]1O. The van der Waals surface area contributed by atoms with Crippen LogP contribution in [0.4, 0.5) is 0 Å². The number of ether oxygens (including phenoxy) is 11. The molecule has 40 nitrogen and oxygen atoms in total. The molecule has 40 heteroatoms. The van der Waals surface area contributed by atoms with E-state index in [9.17, 15) is 131 Å². The molecule has 0 radical (unpaired) electrons. The molecule has 0 aromatic heterocycles. The van der Waals surface area contributed by atoms with Crippen LogP contribution in [-0.4, -0.2) is 372 Å². The number of carboxylic acids is 2. The highest BCUT2D eigenvalue weighted by molar-refractivity contribution is 5.77. The molecular weight excluding hydrogens is 1210 g/mol. The Balaban J connectivity index is 1.43. The van der Waals surface area contributed by atoms with Crippen LogP contribution >= 0.6 is 0 Å². The summed E-state index contributed by atoms with van der Waals surface area (Å²) in [6.07, 6.45) is -62.1. The molecule has 0 bridgehead atoms. The highest BCUT2D eigenvalue weighted by Crippen LogP contribution is 2.41. The summed E-state index contributed by atoms with van der Waals surface area (Å²) in [7, 11) is 0. The second-order valence-electron chi connectivity index (χ2n) is 21.9. The Morgan fingerprint density at radius 1 is 0.466 bits per heavy atom. The van der Waals surface area contributed by atoms with Crippen molar-refractivity contribution in [2.45, 2.75) is 229 Å². The van der Waals surface area contributed by atoms with Gasteiger partial charge in [-0.25, -0.2) is 9.59 Å². The van der Waals surface area contributed by atoms with Crippen molar-refractivity contribution in [2.24, 2.45) is 0 Å². The van der Waals surface area contributed by atoms with Gasteiger partial charge in [-0.3, -0.25) is 14.4 Å². The van der Waals surface area contributed by atoms with Crippen LogP contribution in [0.15, 0.2) is 0 Å². The third-order valence-electron chi connectivity index (χ3n) is 15.6. The van der Waals surface area contributed by atoms with Crippen LogP contribution in [0.25, 0.3) is 0 Å². The van der Waals surface area contributed by atoms with Gasteiger partial charge in [-0.05, 0) is 0 Å². The average Bonchev–Trinajstić information content (AvgIpc) is 0.809. The predicted molar refractivity (Wildman–Crippen MR) is 268 cm³/mol. The minimum absolute atomic E-state index is 0.854. The maximum Gasteiger partial charge on any atom is 0.364 e. The Bertz CT molecular complexity index is 2320. The van der Waals surface area contributed by atoms with E-state index >= 15 is 0 Å². The fraction of sp³-hybridized carbons (Fsp3) is 0.896. The minimum Gasteiger partial charge on any atom is -0.477 e. The van der Waals surface area contributed by atoms with E-state index in [-0.39, 0.29) is 0 Å². The number of carbonyl (C=O) groups excluding carboxylic acids is 3. The molecule has 32 atom stereocenters. The first-order valence-corrected chi connectivity index (χ1v) is 27.4. The second-order valence-corrected chi connectivity index (χ2v) is 21.9. The number of hydrogen-bond donors (Lipinski definition) is 24. The third-order valence-corrected chi connectivity index (χ3v) is 15.6. The maximum atomic E-state index is 13.3. The van der Waals surface area contributed by atoms with Crippen molar-refractivity contribution in [3.63, 3.8) is 0 Å². The quantitative estimate of drug-likeness (QED) is 0.0404. The lowest BCUT2D eigenvalue weighted by molar-refractivity contribution is -0.391. The topological polar surface area (TPSA) is 648 Å². The standard InChI is InChI=1S/C48H79N3O37/c1-12(57)49-23-15(60)4-47(45(74)75,86-37(23)26(64)17(62)6-52)78-11-22-30(68)36(25(51-14(3)59)42(82-22)85-39-28(66)19(8-54)80-43(33(39)71)83-35-21(10-56)79-41(73)32(70)31(35)69)84-44-34(72)40(29(67)20(9-55)81-44)88-48(46(76)77)5-16(61)24(50-13(2)58)38(87-48)27(65)18(63)7-53/h15-44,52-56,60-73H,4-11H2,1-3H3,(H,49,57)(H,50,58)(H,51,59)(H,74,75)(H,76,77)/t15-,16-,17+,18+,19+,20+,21+,22+,23+,24+,25+,26+,27+,28-,29-,30+,31+,32+,33+,34+,35+,36+,37+,38+,39-,40-,41?,42-,43-,44-,47+,48-/m0/s1. The Labute approximate surface area is 496 Å². The van der Waals surface area contributed by atoms with Gasteiger partial charge in [0.15, 0.2) is 25.2 Å².